The Balaban J connectivity index is 0.00000218. The van der Waals surface area contributed by atoms with E-state index in [4.69, 9.17) is 20.8 Å². The second-order valence-electron chi connectivity index (χ2n) is 8.11. The second-order valence-corrected chi connectivity index (χ2v) is 8.55. The Bertz CT molecular complexity index is 1130. The Morgan fingerprint density at radius 1 is 0.867 bits per heavy atom. The lowest BCUT2D eigenvalue weighted by Gasteiger charge is -2.34. The summed E-state index contributed by atoms with van der Waals surface area (Å²) in [5, 5.41) is 2.86. The Morgan fingerprint density at radius 2 is 1.57 bits per heavy atom. The van der Waals surface area contributed by atoms with Gasteiger partial charge in [0.25, 0.3) is 0 Å². The molecule has 3 aromatic carbocycles. The minimum absolute atomic E-state index is 0. The smallest absolute Gasteiger partial charge is 0.139 e. The van der Waals surface area contributed by atoms with Crippen LogP contribution in [0.15, 0.2) is 71.1 Å². The van der Waals surface area contributed by atoms with E-state index in [1.165, 1.54) is 31.5 Å². The van der Waals surface area contributed by atoms with Crippen LogP contribution in [-0.4, -0.2) is 30.7 Å². The molecular weight excluding hydrogens is 417 g/mol. The van der Waals surface area contributed by atoms with Gasteiger partial charge < -0.3 is 26.0 Å². The van der Waals surface area contributed by atoms with Crippen molar-refractivity contribution in [1.29, 1.82) is 0 Å². The average Bonchev–Trinajstić information content (AvgIpc) is 3.32. The number of likely N-dealkylation sites (tertiary alicyclic amines) is 1. The van der Waals surface area contributed by atoms with E-state index in [1.54, 1.807) is 0 Å². The van der Waals surface area contributed by atoms with Gasteiger partial charge in [-0.15, -0.1) is 0 Å². The van der Waals surface area contributed by atoms with Gasteiger partial charge in [-0.1, -0.05) is 41.9 Å². The summed E-state index contributed by atoms with van der Waals surface area (Å²) < 4.78 is 13.3. The van der Waals surface area contributed by atoms with E-state index in [9.17, 15) is 0 Å². The third-order valence-corrected chi connectivity index (χ3v) is 6.35. The van der Waals surface area contributed by atoms with Crippen molar-refractivity contribution in [3.63, 3.8) is 0 Å². The molecule has 1 aliphatic heterocycles. The van der Waals surface area contributed by atoms with E-state index >= 15 is 0 Å². The van der Waals surface area contributed by atoms with Gasteiger partial charge in [0.2, 0.25) is 0 Å². The number of halogens is 2. The molecule has 0 atom stereocenters. The molecule has 1 aromatic heterocycles. The highest BCUT2D eigenvalue weighted by Gasteiger charge is 2.32. The zero-order chi connectivity index (χ0) is 19.7. The summed E-state index contributed by atoms with van der Waals surface area (Å²) >= 11 is 6.09. The molecule has 1 saturated heterocycles. The average molecular weight is 442 g/mol. The minimum Gasteiger partial charge on any atom is -1.00 e. The zero-order valence-corrected chi connectivity index (χ0v) is 18.3. The third kappa shape index (κ3) is 4.29. The quantitative estimate of drug-likeness (QED) is 0.427. The van der Waals surface area contributed by atoms with E-state index in [-0.39, 0.29) is 12.4 Å². The lowest BCUT2D eigenvalue weighted by molar-refractivity contribution is -0.929. The van der Waals surface area contributed by atoms with E-state index in [2.05, 4.69) is 36.4 Å². The lowest BCUT2D eigenvalue weighted by Crippen LogP contribution is -3.00. The van der Waals surface area contributed by atoms with Gasteiger partial charge in [0.05, 0.1) is 13.1 Å². The highest BCUT2D eigenvalue weighted by atomic mass is 35.5. The standard InChI is InChI=1S/C25H25ClNO2.ClH/c26-20-8-10-22-23-11-9-21(17-25(23)29-24(22)16-20)28-15-14-27(12-4-5-13-27)18-19-6-2-1-3-7-19;/h1-3,6-11,16-17H,4-5,12-15,18H2;1H/q+1;/p-1. The van der Waals surface area contributed by atoms with Gasteiger partial charge in [-0.25, -0.2) is 0 Å². The number of hydrogen-bond donors (Lipinski definition) is 0. The summed E-state index contributed by atoms with van der Waals surface area (Å²) in [6.07, 6.45) is 2.61. The summed E-state index contributed by atoms with van der Waals surface area (Å²) in [5.41, 5.74) is 3.07. The summed E-state index contributed by atoms with van der Waals surface area (Å²) in [6.45, 7) is 5.31. The number of fused-ring (bicyclic) bond motifs is 3. The normalized spacial score (nSPS) is 15.4. The Morgan fingerprint density at radius 3 is 2.33 bits per heavy atom. The molecule has 0 saturated carbocycles. The lowest BCUT2D eigenvalue weighted by atomic mass is 10.1. The van der Waals surface area contributed by atoms with Gasteiger partial charge in [0.1, 0.15) is 36.6 Å². The first-order chi connectivity index (χ1) is 14.2. The van der Waals surface area contributed by atoms with Crippen LogP contribution in [0.2, 0.25) is 5.02 Å². The first kappa shape index (κ1) is 21.0. The number of quaternary nitrogens is 1. The first-order valence-corrected chi connectivity index (χ1v) is 10.7. The predicted molar refractivity (Wildman–Crippen MR) is 118 cm³/mol. The number of ether oxygens (including phenoxy) is 1. The summed E-state index contributed by atoms with van der Waals surface area (Å²) in [7, 11) is 0. The van der Waals surface area contributed by atoms with Crippen molar-refractivity contribution in [3.8, 4) is 5.75 Å². The molecule has 2 heterocycles. The Hall–Kier alpha value is -2.20. The van der Waals surface area contributed by atoms with E-state index in [1.807, 2.05) is 30.3 Å². The van der Waals surface area contributed by atoms with Crippen LogP contribution in [0, 0.1) is 0 Å². The van der Waals surface area contributed by atoms with Crippen LogP contribution >= 0.6 is 11.6 Å². The maximum absolute atomic E-state index is 6.16. The third-order valence-electron chi connectivity index (χ3n) is 6.12. The van der Waals surface area contributed by atoms with Crippen LogP contribution in [-0.2, 0) is 6.54 Å². The van der Waals surface area contributed by atoms with Crippen molar-refractivity contribution in [3.05, 3.63) is 77.3 Å². The van der Waals surface area contributed by atoms with Crippen LogP contribution in [0.3, 0.4) is 0 Å². The van der Waals surface area contributed by atoms with Crippen LogP contribution in [0.1, 0.15) is 18.4 Å². The number of furan rings is 1. The van der Waals surface area contributed by atoms with Crippen LogP contribution in [0.25, 0.3) is 21.9 Å². The molecule has 5 rings (SSSR count). The van der Waals surface area contributed by atoms with Gasteiger partial charge in [0.15, 0.2) is 0 Å². The number of nitrogens with zero attached hydrogens (tertiary/aromatic N) is 1. The van der Waals surface area contributed by atoms with Crippen molar-refractivity contribution in [2.24, 2.45) is 0 Å². The fourth-order valence-corrected chi connectivity index (χ4v) is 4.78. The molecule has 1 fully saturated rings. The maximum Gasteiger partial charge on any atom is 0.139 e. The molecule has 4 aromatic rings. The minimum atomic E-state index is 0. The molecular formula is C25H25Cl2NO2. The van der Waals surface area contributed by atoms with Gasteiger partial charge in [-0.2, -0.15) is 0 Å². The van der Waals surface area contributed by atoms with Crippen LogP contribution in [0.4, 0.5) is 0 Å². The van der Waals surface area contributed by atoms with E-state index in [0.717, 1.165) is 45.3 Å². The molecule has 0 spiro atoms. The zero-order valence-electron chi connectivity index (χ0n) is 16.8. The fourth-order valence-electron chi connectivity index (χ4n) is 4.62. The molecule has 156 valence electrons. The maximum atomic E-state index is 6.16. The summed E-state index contributed by atoms with van der Waals surface area (Å²) in [4.78, 5) is 0. The number of rotatable bonds is 6. The topological polar surface area (TPSA) is 22.4 Å². The highest BCUT2D eigenvalue weighted by Crippen LogP contribution is 2.33. The van der Waals surface area contributed by atoms with Crippen LogP contribution < -0.4 is 17.1 Å². The molecule has 0 bridgehead atoms. The molecule has 0 radical (unpaired) electrons. The van der Waals surface area contributed by atoms with Crippen molar-refractivity contribution >= 4 is 33.5 Å². The van der Waals surface area contributed by atoms with Gasteiger partial charge in [-0.3, -0.25) is 0 Å². The van der Waals surface area contributed by atoms with E-state index < -0.39 is 0 Å². The van der Waals surface area contributed by atoms with Crippen molar-refractivity contribution in [1.82, 2.24) is 0 Å². The van der Waals surface area contributed by atoms with E-state index in [0.29, 0.717) is 11.6 Å². The molecule has 0 unspecified atom stereocenters. The predicted octanol–water partition coefficient (Wildman–Crippen LogP) is 3.43. The molecule has 0 aliphatic carbocycles. The fraction of sp³-hybridized carbons (Fsp3) is 0.280. The molecule has 30 heavy (non-hydrogen) atoms. The SMILES string of the molecule is Clc1ccc2c(c1)oc1cc(OCC[N+]3(Cc4ccccc4)CCCC3)ccc12.[Cl-]. The Labute approximate surface area is 188 Å². The monoisotopic (exact) mass is 441 g/mol. The van der Waals surface area contributed by atoms with Gasteiger partial charge in [0, 0.05) is 46.3 Å². The number of hydrogen-bond acceptors (Lipinski definition) is 2. The van der Waals surface area contributed by atoms with Gasteiger partial charge in [-0.05, 0) is 24.3 Å². The Kier molecular flexibility index (Phi) is 6.24. The van der Waals surface area contributed by atoms with Crippen molar-refractivity contribution < 1.29 is 26.0 Å². The largest absolute Gasteiger partial charge is 1.00 e. The molecule has 5 heteroatoms. The number of benzene rings is 3. The summed E-state index contributed by atoms with van der Waals surface area (Å²) in [6, 6.07) is 22.7. The first-order valence-electron chi connectivity index (χ1n) is 10.3. The highest BCUT2D eigenvalue weighted by molar-refractivity contribution is 6.31. The molecule has 3 nitrogen and oxygen atoms in total. The van der Waals surface area contributed by atoms with Gasteiger partial charge >= 0.3 is 0 Å². The molecule has 1 aliphatic rings. The van der Waals surface area contributed by atoms with Crippen LogP contribution in [0.5, 0.6) is 5.75 Å². The van der Waals surface area contributed by atoms with Crippen molar-refractivity contribution in [2.75, 3.05) is 26.2 Å². The second kappa shape index (κ2) is 8.89. The molecule has 0 amide bonds. The van der Waals surface area contributed by atoms with Crippen molar-refractivity contribution in [2.45, 2.75) is 19.4 Å². The summed E-state index contributed by atoms with van der Waals surface area (Å²) in [5.74, 6) is 0.861. The molecule has 0 N–H and O–H groups in total.